The van der Waals surface area contributed by atoms with E-state index in [9.17, 15) is 24.8 Å². The quantitative estimate of drug-likeness (QED) is 0.238. The first-order valence-electron chi connectivity index (χ1n) is 11.7. The molecular formula is C24H28N5O9P. The molecule has 1 aliphatic rings. The summed E-state index contributed by atoms with van der Waals surface area (Å²) in [6.45, 7) is 2.02. The van der Waals surface area contributed by atoms with Crippen molar-refractivity contribution in [1.82, 2.24) is 14.6 Å². The van der Waals surface area contributed by atoms with Crippen molar-refractivity contribution in [1.29, 1.82) is 5.26 Å². The number of methoxy groups -OCH3 is 1. The normalized spacial score (nSPS) is 24.7. The van der Waals surface area contributed by atoms with Crippen molar-refractivity contribution >= 4 is 25.1 Å². The molecule has 14 nitrogen and oxygen atoms in total. The third-order valence-corrected chi connectivity index (χ3v) is 7.51. The summed E-state index contributed by atoms with van der Waals surface area (Å²) in [5.74, 6) is -0.342. The summed E-state index contributed by atoms with van der Waals surface area (Å²) in [4.78, 5) is 16.0. The number of nitrogens with zero attached hydrogens (tertiary/aromatic N) is 4. The zero-order valence-corrected chi connectivity index (χ0v) is 22.2. The number of nitriles is 1. The number of aliphatic hydroxyl groups excluding tert-OH is 2. The molecule has 3 aromatic rings. The molecule has 3 heterocycles. The molecule has 2 aromatic heterocycles. The van der Waals surface area contributed by atoms with Gasteiger partial charge >= 0.3 is 13.8 Å². The van der Waals surface area contributed by atoms with Gasteiger partial charge in [-0.2, -0.15) is 10.4 Å². The summed E-state index contributed by atoms with van der Waals surface area (Å²) < 4.78 is 42.0. The SMILES string of the molecule is COC(=O)C(C)(C)COP(=O)(OC[C@H]1O[C@@](C#N)(c2ccc3c(N)ncnn23)[C@H](O)[C@@H]1O)Oc1ccccc1. The van der Waals surface area contributed by atoms with Crippen molar-refractivity contribution in [3.63, 3.8) is 0 Å². The van der Waals surface area contributed by atoms with Crippen molar-refractivity contribution < 1.29 is 42.6 Å². The molecule has 1 saturated heterocycles. The predicted octanol–water partition coefficient (Wildman–Crippen LogP) is 1.57. The zero-order valence-electron chi connectivity index (χ0n) is 21.3. The highest BCUT2D eigenvalue weighted by molar-refractivity contribution is 7.48. The summed E-state index contributed by atoms with van der Waals surface area (Å²) in [7, 11) is -3.24. The Labute approximate surface area is 223 Å². The number of carbonyl (C=O) groups excluding carboxylic acids is 1. The Morgan fingerprint density at radius 3 is 2.64 bits per heavy atom. The molecule has 4 rings (SSSR count). The van der Waals surface area contributed by atoms with Crippen molar-refractivity contribution in [2.24, 2.45) is 5.41 Å². The number of hydrogen-bond donors (Lipinski definition) is 3. The summed E-state index contributed by atoms with van der Waals surface area (Å²) in [6.07, 6.45) is -3.58. The van der Waals surface area contributed by atoms with Crippen molar-refractivity contribution in [3.05, 3.63) is 54.5 Å². The Balaban J connectivity index is 1.58. The monoisotopic (exact) mass is 561 g/mol. The van der Waals surface area contributed by atoms with E-state index in [-0.39, 0.29) is 17.3 Å². The Bertz CT molecular complexity index is 1430. The van der Waals surface area contributed by atoms with Crippen LogP contribution in [0, 0.1) is 16.7 Å². The number of fused-ring (bicyclic) bond motifs is 1. The van der Waals surface area contributed by atoms with Crippen LogP contribution in [0.25, 0.3) is 5.52 Å². The Morgan fingerprint density at radius 1 is 1.26 bits per heavy atom. The molecule has 39 heavy (non-hydrogen) atoms. The minimum absolute atomic E-state index is 0.0861. The van der Waals surface area contributed by atoms with Gasteiger partial charge < -0.3 is 29.9 Å². The lowest BCUT2D eigenvalue weighted by Gasteiger charge is -2.26. The van der Waals surface area contributed by atoms with Crippen LogP contribution in [0.15, 0.2) is 48.8 Å². The van der Waals surface area contributed by atoms with E-state index in [1.807, 2.05) is 6.07 Å². The fraction of sp³-hybridized carbons (Fsp3) is 0.417. The number of esters is 1. The van der Waals surface area contributed by atoms with E-state index in [0.717, 1.165) is 0 Å². The van der Waals surface area contributed by atoms with Crippen LogP contribution in [-0.2, 0) is 33.5 Å². The molecule has 4 N–H and O–H groups in total. The van der Waals surface area contributed by atoms with Crippen LogP contribution in [0.3, 0.4) is 0 Å². The lowest BCUT2D eigenvalue weighted by Crippen LogP contribution is -2.41. The molecule has 0 bridgehead atoms. The van der Waals surface area contributed by atoms with E-state index < -0.39 is 56.3 Å². The predicted molar refractivity (Wildman–Crippen MR) is 134 cm³/mol. The molecular weight excluding hydrogens is 533 g/mol. The molecule has 1 aliphatic heterocycles. The van der Waals surface area contributed by atoms with E-state index in [0.29, 0.717) is 5.52 Å². The van der Waals surface area contributed by atoms with Crippen LogP contribution in [0.2, 0.25) is 0 Å². The molecule has 0 amide bonds. The molecule has 5 atom stereocenters. The highest BCUT2D eigenvalue weighted by Gasteiger charge is 2.58. The lowest BCUT2D eigenvalue weighted by atomic mass is 9.92. The average Bonchev–Trinajstić information content (AvgIpc) is 3.47. The second-order valence-electron chi connectivity index (χ2n) is 9.40. The van der Waals surface area contributed by atoms with Gasteiger partial charge in [-0.25, -0.2) is 14.1 Å². The van der Waals surface area contributed by atoms with Gasteiger partial charge in [-0.05, 0) is 38.1 Å². The number of carbonyl (C=O) groups is 1. The van der Waals surface area contributed by atoms with E-state index in [4.69, 9.17) is 28.8 Å². The second kappa shape index (κ2) is 10.9. The van der Waals surface area contributed by atoms with Crippen LogP contribution < -0.4 is 10.3 Å². The molecule has 1 aromatic carbocycles. The maximum Gasteiger partial charge on any atom is 0.530 e. The van der Waals surface area contributed by atoms with Crippen molar-refractivity contribution in [3.8, 4) is 11.8 Å². The van der Waals surface area contributed by atoms with Crippen molar-refractivity contribution in [2.45, 2.75) is 37.8 Å². The number of anilines is 1. The average molecular weight is 561 g/mol. The highest BCUT2D eigenvalue weighted by atomic mass is 31.2. The maximum absolute atomic E-state index is 13.6. The first-order valence-corrected chi connectivity index (χ1v) is 13.2. The van der Waals surface area contributed by atoms with E-state index in [1.165, 1.54) is 56.1 Å². The standard InChI is InChI=1S/C24H28N5O9P/c1-23(2,22(32)34-3)13-36-39(33,38-15-7-5-4-6-8-15)35-11-17-19(30)20(31)24(12-25,37-17)18-10-9-16-21(26)27-14-28-29(16)18/h4-10,14,17,19-20,30-31H,11,13H2,1-3H3,(H2,26,27,28)/t17-,19-,20-,24+,39?/m1/s1. The highest BCUT2D eigenvalue weighted by Crippen LogP contribution is 2.51. The van der Waals surface area contributed by atoms with Gasteiger partial charge in [-0.1, -0.05) is 18.2 Å². The van der Waals surface area contributed by atoms with Crippen LogP contribution in [-0.4, -0.2) is 69.4 Å². The number of hydrogen-bond acceptors (Lipinski definition) is 13. The Kier molecular flexibility index (Phi) is 7.94. The molecule has 15 heteroatoms. The van der Waals surface area contributed by atoms with Gasteiger partial charge in [0.25, 0.3) is 0 Å². The molecule has 0 saturated carbocycles. The summed E-state index contributed by atoms with van der Waals surface area (Å²) >= 11 is 0. The lowest BCUT2D eigenvalue weighted by molar-refractivity contribution is -0.152. The number of aliphatic hydroxyl groups is 2. The summed E-state index contributed by atoms with van der Waals surface area (Å²) in [5, 5.41) is 35.9. The Morgan fingerprint density at radius 2 is 1.97 bits per heavy atom. The van der Waals surface area contributed by atoms with Crippen molar-refractivity contribution in [2.75, 3.05) is 26.1 Å². The summed E-state index contributed by atoms with van der Waals surface area (Å²) in [6, 6.07) is 12.9. The number of rotatable bonds is 10. The number of nitrogens with two attached hydrogens (primary N) is 1. The molecule has 0 aliphatic carbocycles. The minimum Gasteiger partial charge on any atom is -0.469 e. The van der Waals surface area contributed by atoms with Gasteiger partial charge in [0.1, 0.15) is 42.0 Å². The number of phosphoric ester groups is 1. The second-order valence-corrected chi connectivity index (χ2v) is 11.0. The molecule has 1 unspecified atom stereocenters. The van der Waals surface area contributed by atoms with Crippen LogP contribution in [0.4, 0.5) is 5.82 Å². The van der Waals surface area contributed by atoms with Gasteiger partial charge in [0.15, 0.2) is 5.82 Å². The number of phosphoric acid groups is 1. The number of para-hydroxylation sites is 1. The zero-order chi connectivity index (χ0) is 28.4. The number of ether oxygens (including phenoxy) is 2. The van der Waals surface area contributed by atoms with Gasteiger partial charge in [-0.15, -0.1) is 0 Å². The summed E-state index contributed by atoms with van der Waals surface area (Å²) in [5.41, 5.74) is 3.02. The van der Waals surface area contributed by atoms with Gasteiger partial charge in [0, 0.05) is 0 Å². The van der Waals surface area contributed by atoms with Crippen LogP contribution in [0.1, 0.15) is 19.5 Å². The third kappa shape index (κ3) is 5.46. The van der Waals surface area contributed by atoms with Gasteiger partial charge in [0.05, 0.1) is 31.4 Å². The minimum atomic E-state index is -4.45. The van der Waals surface area contributed by atoms with Crippen LogP contribution in [0.5, 0.6) is 5.75 Å². The number of aromatic nitrogens is 3. The topological polar surface area (TPSA) is 201 Å². The van der Waals surface area contributed by atoms with E-state index in [2.05, 4.69) is 10.1 Å². The van der Waals surface area contributed by atoms with E-state index in [1.54, 1.807) is 18.2 Å². The first kappa shape index (κ1) is 28.4. The number of nitrogen functional groups attached to an aromatic ring is 1. The van der Waals surface area contributed by atoms with Gasteiger partial charge in [-0.3, -0.25) is 13.8 Å². The fourth-order valence-electron chi connectivity index (χ4n) is 3.99. The molecule has 208 valence electrons. The van der Waals surface area contributed by atoms with Crippen LogP contribution >= 0.6 is 7.82 Å². The maximum atomic E-state index is 13.6. The smallest absolute Gasteiger partial charge is 0.469 e. The molecule has 0 radical (unpaired) electrons. The third-order valence-electron chi connectivity index (χ3n) is 6.17. The Hall–Kier alpha value is -3.57. The fourth-order valence-corrected chi connectivity index (χ4v) is 5.36. The first-order chi connectivity index (χ1) is 18.5. The number of benzene rings is 1. The molecule has 0 spiro atoms. The molecule has 1 fully saturated rings. The van der Waals surface area contributed by atoms with Gasteiger partial charge in [0.2, 0.25) is 5.60 Å². The largest absolute Gasteiger partial charge is 0.530 e. The van der Waals surface area contributed by atoms with E-state index >= 15 is 0 Å².